The smallest absolute Gasteiger partial charge is 0.0266 e. The third-order valence-corrected chi connectivity index (χ3v) is 8.08. The molecule has 4 fully saturated rings. The van der Waals surface area contributed by atoms with Crippen LogP contribution in [0.15, 0.2) is 0 Å². The molecule has 0 heteroatoms. The van der Waals surface area contributed by atoms with Crippen LogP contribution in [0.2, 0.25) is 0 Å². The average molecular weight is 246 g/mol. The van der Waals surface area contributed by atoms with Gasteiger partial charge < -0.3 is 0 Å². The number of rotatable bonds is 0. The van der Waals surface area contributed by atoms with Crippen molar-refractivity contribution in [1.29, 1.82) is 0 Å². The van der Waals surface area contributed by atoms with Crippen LogP contribution in [0.4, 0.5) is 0 Å². The van der Waals surface area contributed by atoms with Crippen molar-refractivity contribution in [2.24, 2.45) is 40.4 Å². The molecule has 102 valence electrons. The van der Waals surface area contributed by atoms with Crippen LogP contribution in [-0.4, -0.2) is 0 Å². The summed E-state index contributed by atoms with van der Waals surface area (Å²) >= 11 is 0. The molecule has 0 aromatic heterocycles. The van der Waals surface area contributed by atoms with E-state index in [1.54, 1.807) is 38.5 Å². The third-order valence-electron chi connectivity index (χ3n) is 8.08. The van der Waals surface area contributed by atoms with Gasteiger partial charge in [0.1, 0.15) is 0 Å². The fourth-order valence-corrected chi connectivity index (χ4v) is 7.05. The zero-order valence-corrected chi connectivity index (χ0v) is 12.5. The van der Waals surface area contributed by atoms with E-state index < -0.39 is 0 Å². The second kappa shape index (κ2) is 3.55. The van der Waals surface area contributed by atoms with Crippen LogP contribution in [0.25, 0.3) is 0 Å². The molecule has 0 aliphatic heterocycles. The lowest BCUT2D eigenvalue weighted by Crippen LogP contribution is -2.35. The van der Waals surface area contributed by atoms with Crippen molar-refractivity contribution in [2.75, 3.05) is 0 Å². The highest BCUT2D eigenvalue weighted by Gasteiger charge is 2.63. The van der Waals surface area contributed by atoms with E-state index in [4.69, 9.17) is 0 Å². The van der Waals surface area contributed by atoms with Gasteiger partial charge in [0.25, 0.3) is 0 Å². The van der Waals surface area contributed by atoms with Crippen molar-refractivity contribution in [3.63, 3.8) is 0 Å². The summed E-state index contributed by atoms with van der Waals surface area (Å²) in [6.45, 7) is 7.80. The molecule has 0 heterocycles. The zero-order valence-electron chi connectivity index (χ0n) is 12.5. The van der Waals surface area contributed by atoms with Gasteiger partial charge in [-0.1, -0.05) is 33.6 Å². The molecule has 0 nitrogen and oxygen atoms in total. The molecule has 0 amide bonds. The molecule has 0 radical (unpaired) electrons. The molecule has 7 unspecified atom stereocenters. The minimum absolute atomic E-state index is 0.741. The maximum atomic E-state index is 2.68. The summed E-state index contributed by atoms with van der Waals surface area (Å²) in [5, 5.41) is 0. The first kappa shape index (κ1) is 11.8. The number of hydrogen-bond donors (Lipinski definition) is 0. The molecule has 4 saturated carbocycles. The van der Waals surface area contributed by atoms with Gasteiger partial charge in [-0.2, -0.15) is 0 Å². The predicted octanol–water partition coefficient (Wildman–Crippen LogP) is 5.28. The summed E-state index contributed by atoms with van der Waals surface area (Å²) in [5.74, 6) is 5.43. The van der Waals surface area contributed by atoms with Crippen LogP contribution in [-0.2, 0) is 0 Å². The lowest BCUT2D eigenvalue weighted by molar-refractivity contribution is 0.0612. The Kier molecular flexibility index (Phi) is 2.33. The van der Waals surface area contributed by atoms with Crippen molar-refractivity contribution < 1.29 is 0 Å². The van der Waals surface area contributed by atoms with Crippen LogP contribution in [0.3, 0.4) is 0 Å². The minimum Gasteiger partial charge on any atom is -0.0625 e. The first-order valence-corrected chi connectivity index (χ1v) is 8.53. The molecule has 0 saturated heterocycles. The molecule has 0 spiro atoms. The Morgan fingerprint density at radius 1 is 0.944 bits per heavy atom. The Hall–Kier alpha value is 0. The van der Waals surface area contributed by atoms with E-state index >= 15 is 0 Å². The van der Waals surface area contributed by atoms with E-state index in [0.717, 1.165) is 40.4 Å². The summed E-state index contributed by atoms with van der Waals surface area (Å²) in [7, 11) is 0. The number of hydrogen-bond acceptors (Lipinski definition) is 0. The Balaban J connectivity index is 1.65. The quantitative estimate of drug-likeness (QED) is 0.546. The highest BCUT2D eigenvalue weighted by Crippen LogP contribution is 2.71. The third kappa shape index (κ3) is 1.33. The van der Waals surface area contributed by atoms with Crippen LogP contribution < -0.4 is 0 Å². The van der Waals surface area contributed by atoms with E-state index in [9.17, 15) is 0 Å². The van der Waals surface area contributed by atoms with Crippen molar-refractivity contribution in [2.45, 2.75) is 72.1 Å². The molecular weight excluding hydrogens is 216 g/mol. The second-order valence-corrected chi connectivity index (χ2v) is 8.95. The maximum absolute atomic E-state index is 2.68. The van der Waals surface area contributed by atoms with E-state index in [1.165, 1.54) is 12.8 Å². The van der Waals surface area contributed by atoms with Crippen LogP contribution in [0.5, 0.6) is 0 Å². The zero-order chi connectivity index (χ0) is 12.5. The minimum atomic E-state index is 0.741. The highest BCUT2D eigenvalue weighted by molar-refractivity contribution is 5.12. The second-order valence-electron chi connectivity index (χ2n) is 8.95. The summed E-state index contributed by atoms with van der Waals surface area (Å²) in [6, 6.07) is 0. The van der Waals surface area contributed by atoms with Gasteiger partial charge in [0.05, 0.1) is 0 Å². The molecule has 0 aromatic rings. The molecular formula is C18H30. The van der Waals surface area contributed by atoms with Gasteiger partial charge in [-0.15, -0.1) is 0 Å². The first-order valence-electron chi connectivity index (χ1n) is 8.53. The summed E-state index contributed by atoms with van der Waals surface area (Å²) < 4.78 is 0. The van der Waals surface area contributed by atoms with Gasteiger partial charge in [0.15, 0.2) is 0 Å². The van der Waals surface area contributed by atoms with E-state index in [1.807, 2.05) is 0 Å². The van der Waals surface area contributed by atoms with Gasteiger partial charge in [0, 0.05) is 0 Å². The Bertz CT molecular complexity index is 359. The lowest BCUT2D eigenvalue weighted by Gasteiger charge is -2.44. The monoisotopic (exact) mass is 246 g/mol. The fraction of sp³-hybridized carbons (Fsp3) is 1.00. The highest BCUT2D eigenvalue weighted by atomic mass is 14.7. The van der Waals surface area contributed by atoms with Gasteiger partial charge in [-0.25, -0.2) is 0 Å². The summed E-state index contributed by atoms with van der Waals surface area (Å²) in [4.78, 5) is 0. The van der Waals surface area contributed by atoms with E-state index in [0.29, 0.717) is 0 Å². The number of fused-ring (bicyclic) bond motifs is 5. The lowest BCUT2D eigenvalue weighted by atomic mass is 9.61. The van der Waals surface area contributed by atoms with Crippen LogP contribution in [0, 0.1) is 40.4 Å². The molecule has 4 aliphatic carbocycles. The van der Waals surface area contributed by atoms with E-state index in [2.05, 4.69) is 20.8 Å². The Morgan fingerprint density at radius 3 is 2.61 bits per heavy atom. The van der Waals surface area contributed by atoms with Crippen LogP contribution in [0.1, 0.15) is 72.1 Å². The molecule has 4 rings (SSSR count). The molecule has 7 atom stereocenters. The maximum Gasteiger partial charge on any atom is -0.0266 e. The standard InChI is InChI=1S/C18H30/c1-12-6-8-18(3)13(9-12)10-14-15-5-4-7-17(15,2)11-16(14)18/h12-16H,4-11H2,1-3H3. The molecule has 18 heavy (non-hydrogen) atoms. The molecule has 0 bridgehead atoms. The van der Waals surface area contributed by atoms with Crippen LogP contribution >= 0.6 is 0 Å². The summed E-state index contributed by atoms with van der Waals surface area (Å²) in [6.07, 6.45) is 12.4. The Morgan fingerprint density at radius 2 is 1.78 bits per heavy atom. The fourth-order valence-electron chi connectivity index (χ4n) is 7.05. The van der Waals surface area contributed by atoms with E-state index in [-0.39, 0.29) is 0 Å². The van der Waals surface area contributed by atoms with Gasteiger partial charge >= 0.3 is 0 Å². The normalized spacial score (nSPS) is 62.5. The molecule has 4 aliphatic rings. The Labute approximate surface area is 113 Å². The molecule has 0 aromatic carbocycles. The first-order chi connectivity index (χ1) is 8.53. The van der Waals surface area contributed by atoms with Crippen molar-refractivity contribution in [3.05, 3.63) is 0 Å². The van der Waals surface area contributed by atoms with Crippen molar-refractivity contribution >= 4 is 0 Å². The van der Waals surface area contributed by atoms with Crippen molar-refractivity contribution in [1.82, 2.24) is 0 Å². The van der Waals surface area contributed by atoms with Gasteiger partial charge in [0.2, 0.25) is 0 Å². The van der Waals surface area contributed by atoms with Gasteiger partial charge in [-0.05, 0) is 78.9 Å². The topological polar surface area (TPSA) is 0 Å². The average Bonchev–Trinajstić information content (AvgIpc) is 2.88. The van der Waals surface area contributed by atoms with Crippen molar-refractivity contribution in [3.8, 4) is 0 Å². The molecule has 0 N–H and O–H groups in total. The van der Waals surface area contributed by atoms with Gasteiger partial charge in [-0.3, -0.25) is 0 Å². The summed E-state index contributed by atoms with van der Waals surface area (Å²) in [5.41, 5.74) is 1.50. The largest absolute Gasteiger partial charge is 0.0625 e. The predicted molar refractivity (Wildman–Crippen MR) is 76.3 cm³/mol. The SMILES string of the molecule is CC1CCC2(C)C(C1)CC1C3CCCC3(C)CC12.